The number of thioether (sulfide) groups is 1. The van der Waals surface area contributed by atoms with Gasteiger partial charge in [0.15, 0.2) is 4.34 Å². The van der Waals surface area contributed by atoms with Gasteiger partial charge < -0.3 is 4.74 Å². The Morgan fingerprint density at radius 1 is 1.35 bits per heavy atom. The molecule has 26 heavy (non-hydrogen) atoms. The van der Waals surface area contributed by atoms with E-state index in [0.29, 0.717) is 11.7 Å². The first kappa shape index (κ1) is 19.9. The lowest BCUT2D eigenvalue weighted by molar-refractivity contribution is -0.112. The van der Waals surface area contributed by atoms with Crippen LogP contribution in [0.3, 0.4) is 0 Å². The Hall–Kier alpha value is -2.37. The quantitative estimate of drug-likeness (QED) is 0.226. The third kappa shape index (κ3) is 6.17. The van der Waals surface area contributed by atoms with Crippen LogP contribution in [0, 0.1) is 11.3 Å². The van der Waals surface area contributed by atoms with Gasteiger partial charge in [-0.2, -0.15) is 5.26 Å². The number of benzene rings is 1. The molecule has 1 aromatic carbocycles. The highest BCUT2D eigenvalue weighted by atomic mass is 32.2. The lowest BCUT2D eigenvalue weighted by atomic mass is 10.1. The Balaban J connectivity index is 2.01. The molecular formula is C18H20N4O2S2. The van der Waals surface area contributed by atoms with Crippen LogP contribution in [0.25, 0.3) is 6.08 Å². The number of nitriles is 1. The fourth-order valence-corrected chi connectivity index (χ4v) is 3.56. The molecule has 0 aliphatic carbocycles. The van der Waals surface area contributed by atoms with Crippen LogP contribution in [0.2, 0.25) is 0 Å². The average molecular weight is 389 g/mol. The van der Waals surface area contributed by atoms with Gasteiger partial charge in [0, 0.05) is 0 Å². The van der Waals surface area contributed by atoms with Gasteiger partial charge in [-0.15, -0.1) is 10.2 Å². The highest BCUT2D eigenvalue weighted by Crippen LogP contribution is 2.25. The van der Waals surface area contributed by atoms with E-state index in [1.54, 1.807) is 11.8 Å². The summed E-state index contributed by atoms with van der Waals surface area (Å²) >= 11 is 2.84. The predicted octanol–water partition coefficient (Wildman–Crippen LogP) is 4.37. The number of carbonyl (C=O) groups is 1. The second kappa shape index (κ2) is 10.6. The molecule has 1 aromatic heterocycles. The largest absolute Gasteiger partial charge is 0.494 e. The van der Waals surface area contributed by atoms with Gasteiger partial charge in [0.05, 0.1) is 6.61 Å². The van der Waals surface area contributed by atoms with Crippen LogP contribution in [0.15, 0.2) is 34.2 Å². The smallest absolute Gasteiger partial charge is 0.268 e. The van der Waals surface area contributed by atoms with E-state index in [0.717, 1.165) is 34.2 Å². The maximum absolute atomic E-state index is 12.3. The van der Waals surface area contributed by atoms with Gasteiger partial charge in [-0.1, -0.05) is 55.5 Å². The SMILES string of the molecule is CCCCOc1ccc(/C=C(\C#N)C(=O)Nc2nnc(SCC)s2)cc1. The number of hydrogen-bond donors (Lipinski definition) is 1. The standard InChI is InChI=1S/C18H20N4O2S2/c1-3-5-10-24-15-8-6-13(7-9-15)11-14(12-19)16(23)20-17-21-22-18(26-17)25-4-2/h6-9,11H,3-5,10H2,1-2H3,(H,20,21,23)/b14-11+. The summed E-state index contributed by atoms with van der Waals surface area (Å²) in [6, 6.07) is 9.21. The Kier molecular flexibility index (Phi) is 8.12. The fourth-order valence-electron chi connectivity index (χ4n) is 1.92. The van der Waals surface area contributed by atoms with Crippen LogP contribution in [-0.4, -0.2) is 28.5 Å². The number of carbonyl (C=O) groups excluding carboxylic acids is 1. The summed E-state index contributed by atoms with van der Waals surface area (Å²) in [5.41, 5.74) is 0.753. The zero-order chi connectivity index (χ0) is 18.8. The van der Waals surface area contributed by atoms with E-state index in [4.69, 9.17) is 4.74 Å². The minimum atomic E-state index is -0.500. The Labute approximate surface area is 161 Å². The number of nitrogens with zero attached hydrogens (tertiary/aromatic N) is 3. The number of aromatic nitrogens is 2. The minimum absolute atomic E-state index is 0.00421. The van der Waals surface area contributed by atoms with Gasteiger partial charge in [0.2, 0.25) is 5.13 Å². The van der Waals surface area contributed by atoms with Crippen LogP contribution < -0.4 is 10.1 Å². The average Bonchev–Trinajstić information content (AvgIpc) is 3.08. The van der Waals surface area contributed by atoms with E-state index in [9.17, 15) is 10.1 Å². The van der Waals surface area contributed by atoms with Crippen molar-refractivity contribution < 1.29 is 9.53 Å². The zero-order valence-electron chi connectivity index (χ0n) is 14.7. The molecule has 0 bridgehead atoms. The number of amides is 1. The maximum atomic E-state index is 12.3. The number of hydrogen-bond acceptors (Lipinski definition) is 7. The molecule has 1 heterocycles. The van der Waals surface area contributed by atoms with Crippen LogP contribution in [0.4, 0.5) is 5.13 Å². The predicted molar refractivity (Wildman–Crippen MR) is 105 cm³/mol. The molecule has 8 heteroatoms. The molecule has 0 unspecified atom stereocenters. The number of nitrogens with one attached hydrogen (secondary N) is 1. The molecule has 0 radical (unpaired) electrons. The van der Waals surface area contributed by atoms with Crippen molar-refractivity contribution in [2.45, 2.75) is 31.0 Å². The topological polar surface area (TPSA) is 87.9 Å². The van der Waals surface area contributed by atoms with Gasteiger partial charge >= 0.3 is 0 Å². The third-order valence-electron chi connectivity index (χ3n) is 3.22. The molecule has 0 fully saturated rings. The van der Waals surface area contributed by atoms with Crippen LogP contribution in [0.1, 0.15) is 32.3 Å². The Morgan fingerprint density at radius 3 is 2.77 bits per heavy atom. The number of anilines is 1. The molecule has 6 nitrogen and oxygen atoms in total. The first-order valence-corrected chi connectivity index (χ1v) is 10.1. The summed E-state index contributed by atoms with van der Waals surface area (Å²) in [5, 5.41) is 20.2. The molecule has 0 saturated heterocycles. The van der Waals surface area contributed by atoms with Crippen molar-refractivity contribution in [3.05, 3.63) is 35.4 Å². The second-order valence-corrected chi connectivity index (χ2v) is 7.69. The normalized spacial score (nSPS) is 11.0. The van der Waals surface area contributed by atoms with Crippen molar-refractivity contribution in [2.75, 3.05) is 17.7 Å². The second-order valence-electron chi connectivity index (χ2n) is 5.20. The molecule has 1 N–H and O–H groups in total. The van der Waals surface area contributed by atoms with Crippen LogP contribution in [-0.2, 0) is 4.79 Å². The fraction of sp³-hybridized carbons (Fsp3) is 0.333. The van der Waals surface area contributed by atoms with Crippen LogP contribution in [0.5, 0.6) is 5.75 Å². The van der Waals surface area contributed by atoms with E-state index in [1.165, 1.54) is 17.4 Å². The van der Waals surface area contributed by atoms with Gasteiger partial charge in [-0.05, 0) is 35.9 Å². The van der Waals surface area contributed by atoms with E-state index in [1.807, 2.05) is 37.3 Å². The lowest BCUT2D eigenvalue weighted by Crippen LogP contribution is -2.13. The minimum Gasteiger partial charge on any atom is -0.494 e. The molecule has 1 amide bonds. The first-order chi connectivity index (χ1) is 12.7. The van der Waals surface area contributed by atoms with E-state index < -0.39 is 5.91 Å². The van der Waals surface area contributed by atoms with Gasteiger partial charge in [0.25, 0.3) is 5.91 Å². The Bertz CT molecular complexity index is 794. The van der Waals surface area contributed by atoms with Crippen molar-refractivity contribution in [1.82, 2.24) is 10.2 Å². The number of rotatable bonds is 9. The highest BCUT2D eigenvalue weighted by molar-refractivity contribution is 8.01. The van der Waals surface area contributed by atoms with Crippen LogP contribution >= 0.6 is 23.1 Å². The molecule has 0 spiro atoms. The van der Waals surface area contributed by atoms with Crippen molar-refractivity contribution in [3.63, 3.8) is 0 Å². The van der Waals surface area contributed by atoms with Gasteiger partial charge in [-0.25, -0.2) is 0 Å². The first-order valence-electron chi connectivity index (χ1n) is 8.28. The molecule has 2 aromatic rings. The van der Waals surface area contributed by atoms with E-state index >= 15 is 0 Å². The summed E-state index contributed by atoms with van der Waals surface area (Å²) in [6.07, 6.45) is 3.62. The molecule has 0 atom stereocenters. The summed E-state index contributed by atoms with van der Waals surface area (Å²) < 4.78 is 6.38. The van der Waals surface area contributed by atoms with Crippen molar-refractivity contribution >= 4 is 40.2 Å². The molecule has 0 aliphatic rings. The van der Waals surface area contributed by atoms with E-state index in [-0.39, 0.29) is 5.57 Å². The lowest BCUT2D eigenvalue weighted by Gasteiger charge is -2.05. The molecule has 136 valence electrons. The zero-order valence-corrected chi connectivity index (χ0v) is 16.3. The summed E-state index contributed by atoms with van der Waals surface area (Å²) in [6.45, 7) is 4.80. The monoisotopic (exact) mass is 388 g/mol. The molecule has 2 rings (SSSR count). The molecular weight excluding hydrogens is 368 g/mol. The number of ether oxygens (including phenoxy) is 1. The van der Waals surface area contributed by atoms with Gasteiger partial charge in [-0.3, -0.25) is 10.1 Å². The highest BCUT2D eigenvalue weighted by Gasteiger charge is 2.13. The summed E-state index contributed by atoms with van der Waals surface area (Å²) in [7, 11) is 0. The van der Waals surface area contributed by atoms with Crippen molar-refractivity contribution in [1.29, 1.82) is 5.26 Å². The molecule has 0 saturated carbocycles. The van der Waals surface area contributed by atoms with Crippen molar-refractivity contribution in [2.24, 2.45) is 0 Å². The molecule has 0 aliphatic heterocycles. The van der Waals surface area contributed by atoms with E-state index in [2.05, 4.69) is 22.4 Å². The van der Waals surface area contributed by atoms with Crippen molar-refractivity contribution in [3.8, 4) is 11.8 Å². The summed E-state index contributed by atoms with van der Waals surface area (Å²) in [5.74, 6) is 1.15. The summed E-state index contributed by atoms with van der Waals surface area (Å²) in [4.78, 5) is 12.3. The van der Waals surface area contributed by atoms with Gasteiger partial charge in [0.1, 0.15) is 17.4 Å². The maximum Gasteiger partial charge on any atom is 0.268 e. The third-order valence-corrected chi connectivity index (χ3v) is 5.07. The number of unbranched alkanes of at least 4 members (excludes halogenated alkanes) is 1. The Morgan fingerprint density at radius 2 is 2.12 bits per heavy atom.